The summed E-state index contributed by atoms with van der Waals surface area (Å²) in [6.07, 6.45) is 5.16. The molecule has 0 aliphatic heterocycles. The minimum Gasteiger partial charge on any atom is -0.326 e. The zero-order valence-electron chi connectivity index (χ0n) is 18.2. The van der Waals surface area contributed by atoms with Gasteiger partial charge in [0.05, 0.1) is 6.04 Å². The number of hydrogen-bond acceptors (Lipinski definition) is 5. The van der Waals surface area contributed by atoms with E-state index in [-0.39, 0.29) is 11.9 Å². The van der Waals surface area contributed by atoms with Gasteiger partial charge in [-0.15, -0.1) is 5.10 Å². The Balaban J connectivity index is 1.81. The van der Waals surface area contributed by atoms with Crippen molar-refractivity contribution in [2.24, 2.45) is 0 Å². The van der Waals surface area contributed by atoms with Crippen molar-refractivity contribution >= 4 is 11.7 Å². The van der Waals surface area contributed by atoms with Crippen LogP contribution in [0, 0.1) is 6.92 Å². The van der Waals surface area contributed by atoms with Crippen molar-refractivity contribution in [3.63, 3.8) is 0 Å². The molecule has 158 valence electrons. The van der Waals surface area contributed by atoms with Gasteiger partial charge in [0.1, 0.15) is 11.5 Å². The molecule has 1 atom stereocenters. The van der Waals surface area contributed by atoms with Crippen LogP contribution in [0.1, 0.15) is 65.7 Å². The maximum atomic E-state index is 13.8. The van der Waals surface area contributed by atoms with Crippen LogP contribution in [-0.4, -0.2) is 41.9 Å². The summed E-state index contributed by atoms with van der Waals surface area (Å²) in [5.41, 5.74) is 3.68. The van der Waals surface area contributed by atoms with Crippen molar-refractivity contribution < 1.29 is 4.79 Å². The number of nitrogens with zero attached hydrogens (tertiary/aromatic N) is 6. The Kier molecular flexibility index (Phi) is 5.75. The molecule has 7 heteroatoms. The van der Waals surface area contributed by atoms with Gasteiger partial charge in [-0.3, -0.25) is 9.78 Å². The fourth-order valence-electron chi connectivity index (χ4n) is 3.80. The van der Waals surface area contributed by atoms with E-state index >= 15 is 0 Å². The van der Waals surface area contributed by atoms with Crippen LogP contribution in [0.2, 0.25) is 0 Å². The van der Waals surface area contributed by atoms with Gasteiger partial charge in [0.25, 0.3) is 11.7 Å². The van der Waals surface area contributed by atoms with E-state index in [1.807, 2.05) is 30.2 Å². The number of carbonyl (C=O) groups is 1. The smallest absolute Gasteiger partial charge is 0.273 e. The highest BCUT2D eigenvalue weighted by Gasteiger charge is 2.28. The van der Waals surface area contributed by atoms with E-state index in [1.54, 1.807) is 25.4 Å². The molecular weight excluding hydrogens is 388 g/mol. The van der Waals surface area contributed by atoms with Gasteiger partial charge in [-0.05, 0) is 48.6 Å². The van der Waals surface area contributed by atoms with Crippen LogP contribution in [0.4, 0.5) is 0 Å². The molecule has 1 amide bonds. The molecule has 0 bridgehead atoms. The first kappa shape index (κ1) is 20.7. The third kappa shape index (κ3) is 4.03. The maximum Gasteiger partial charge on any atom is 0.273 e. The molecule has 3 aromatic heterocycles. The molecule has 0 fully saturated rings. The Hall–Kier alpha value is -3.61. The quantitative estimate of drug-likeness (QED) is 0.473. The van der Waals surface area contributed by atoms with Gasteiger partial charge in [0.15, 0.2) is 0 Å². The fraction of sp³-hybridized carbons (Fsp3) is 0.292. The van der Waals surface area contributed by atoms with E-state index in [0.29, 0.717) is 29.8 Å². The first-order valence-corrected chi connectivity index (χ1v) is 10.5. The molecule has 7 nitrogen and oxygen atoms in total. The molecular formula is C24H26N6O. The second-order valence-electron chi connectivity index (χ2n) is 7.80. The van der Waals surface area contributed by atoms with E-state index in [9.17, 15) is 4.79 Å². The Morgan fingerprint density at radius 3 is 2.42 bits per heavy atom. The van der Waals surface area contributed by atoms with Gasteiger partial charge in [-0.1, -0.05) is 44.2 Å². The molecule has 0 spiro atoms. The molecule has 1 aromatic carbocycles. The lowest BCUT2D eigenvalue weighted by Gasteiger charge is -2.31. The summed E-state index contributed by atoms with van der Waals surface area (Å²) in [7, 11) is 0. The molecule has 31 heavy (non-hydrogen) atoms. The van der Waals surface area contributed by atoms with Crippen molar-refractivity contribution in [2.75, 3.05) is 6.54 Å². The van der Waals surface area contributed by atoms with Crippen molar-refractivity contribution in [3.05, 3.63) is 89.3 Å². The van der Waals surface area contributed by atoms with Crippen molar-refractivity contribution in [3.8, 4) is 0 Å². The third-order valence-corrected chi connectivity index (χ3v) is 5.40. The summed E-state index contributed by atoms with van der Waals surface area (Å²) in [6.45, 7) is 8.63. The summed E-state index contributed by atoms with van der Waals surface area (Å²) >= 11 is 0. The molecule has 0 saturated carbocycles. The number of amides is 1. The maximum absolute atomic E-state index is 13.8. The van der Waals surface area contributed by atoms with Crippen LogP contribution in [0.3, 0.4) is 0 Å². The zero-order valence-corrected chi connectivity index (χ0v) is 18.2. The lowest BCUT2D eigenvalue weighted by molar-refractivity contribution is 0.0707. The number of carbonyl (C=O) groups excluding carboxylic acids is 1. The molecule has 4 rings (SSSR count). The predicted octanol–water partition coefficient (Wildman–Crippen LogP) is 4.20. The van der Waals surface area contributed by atoms with Gasteiger partial charge in [-0.25, -0.2) is 4.98 Å². The zero-order chi connectivity index (χ0) is 22.0. The molecule has 0 aliphatic carbocycles. The average Bonchev–Trinajstić information content (AvgIpc) is 3.17. The lowest BCUT2D eigenvalue weighted by Crippen LogP contribution is -2.36. The van der Waals surface area contributed by atoms with E-state index in [2.05, 4.69) is 58.2 Å². The standard InChI is InChI=1S/C24H26N6O/c1-5-29(23(31)21-12-14-26-24-27-17(4)28-30(21)24)22(20-7-6-13-25-15-20)19-10-8-18(9-11-19)16(2)3/h6-16,22H,5H2,1-4H3. The second kappa shape index (κ2) is 8.63. The molecule has 0 radical (unpaired) electrons. The Morgan fingerprint density at radius 1 is 1.03 bits per heavy atom. The number of hydrogen-bond donors (Lipinski definition) is 0. The third-order valence-electron chi connectivity index (χ3n) is 5.40. The van der Waals surface area contributed by atoms with Crippen molar-refractivity contribution in [2.45, 2.75) is 39.7 Å². The minimum absolute atomic E-state index is 0.137. The van der Waals surface area contributed by atoms with Crippen LogP contribution in [0.5, 0.6) is 0 Å². The lowest BCUT2D eigenvalue weighted by atomic mass is 9.94. The molecule has 0 N–H and O–H groups in total. The topological polar surface area (TPSA) is 76.3 Å². The van der Waals surface area contributed by atoms with Gasteiger partial charge in [-0.2, -0.15) is 9.50 Å². The number of pyridine rings is 1. The minimum atomic E-state index is -0.278. The van der Waals surface area contributed by atoms with Crippen LogP contribution >= 0.6 is 0 Å². The van der Waals surface area contributed by atoms with E-state index in [4.69, 9.17) is 0 Å². The van der Waals surface area contributed by atoms with Crippen LogP contribution < -0.4 is 0 Å². The first-order chi connectivity index (χ1) is 15.0. The van der Waals surface area contributed by atoms with Crippen molar-refractivity contribution in [1.82, 2.24) is 29.5 Å². The molecule has 4 aromatic rings. The highest BCUT2D eigenvalue weighted by molar-refractivity contribution is 5.93. The summed E-state index contributed by atoms with van der Waals surface area (Å²) in [5.74, 6) is 1.29. The van der Waals surface area contributed by atoms with Crippen LogP contribution in [-0.2, 0) is 0 Å². The number of fused-ring (bicyclic) bond motifs is 1. The average molecular weight is 415 g/mol. The largest absolute Gasteiger partial charge is 0.326 e. The van der Waals surface area contributed by atoms with Gasteiger partial charge >= 0.3 is 0 Å². The Morgan fingerprint density at radius 2 is 1.77 bits per heavy atom. The predicted molar refractivity (Wildman–Crippen MR) is 119 cm³/mol. The monoisotopic (exact) mass is 414 g/mol. The van der Waals surface area contributed by atoms with Crippen LogP contribution in [0.15, 0.2) is 61.1 Å². The first-order valence-electron chi connectivity index (χ1n) is 10.5. The fourth-order valence-corrected chi connectivity index (χ4v) is 3.80. The highest BCUT2D eigenvalue weighted by Crippen LogP contribution is 2.30. The highest BCUT2D eigenvalue weighted by atomic mass is 16.2. The number of aromatic nitrogens is 5. The summed E-state index contributed by atoms with van der Waals surface area (Å²) in [4.78, 5) is 28.4. The van der Waals surface area contributed by atoms with Crippen molar-refractivity contribution in [1.29, 1.82) is 0 Å². The van der Waals surface area contributed by atoms with Gasteiger partial charge in [0.2, 0.25) is 0 Å². The number of aryl methyl sites for hydroxylation is 1. The van der Waals surface area contributed by atoms with Gasteiger partial charge in [0, 0.05) is 25.1 Å². The van der Waals surface area contributed by atoms with E-state index in [1.165, 1.54) is 10.1 Å². The van der Waals surface area contributed by atoms with Crippen LogP contribution in [0.25, 0.3) is 5.78 Å². The molecule has 0 aliphatic rings. The molecule has 3 heterocycles. The van der Waals surface area contributed by atoms with E-state index in [0.717, 1.165) is 11.1 Å². The van der Waals surface area contributed by atoms with E-state index < -0.39 is 0 Å². The molecule has 1 unspecified atom stereocenters. The molecule has 0 saturated heterocycles. The normalized spacial score (nSPS) is 12.3. The summed E-state index contributed by atoms with van der Waals surface area (Å²) in [5, 5.41) is 4.37. The second-order valence-corrected chi connectivity index (χ2v) is 7.80. The summed E-state index contributed by atoms with van der Waals surface area (Å²) in [6, 6.07) is 13.8. The number of rotatable bonds is 6. The Bertz CT molecular complexity index is 1180. The number of benzene rings is 1. The van der Waals surface area contributed by atoms with Gasteiger partial charge < -0.3 is 4.90 Å². The summed E-state index contributed by atoms with van der Waals surface area (Å²) < 4.78 is 1.52. The SMILES string of the molecule is CCN(C(=O)c1ccnc2nc(C)nn12)C(c1ccc(C(C)C)cc1)c1cccnc1. The Labute approximate surface area is 181 Å².